The minimum atomic E-state index is -0.294. The molecule has 0 bridgehead atoms. The molecule has 0 aliphatic heterocycles. The van der Waals surface area contributed by atoms with Gasteiger partial charge in [-0.2, -0.15) is 0 Å². The van der Waals surface area contributed by atoms with Crippen LogP contribution >= 0.6 is 0 Å². The highest BCUT2D eigenvalue weighted by Crippen LogP contribution is 2.24. The van der Waals surface area contributed by atoms with Crippen molar-refractivity contribution >= 4 is 5.71 Å². The van der Waals surface area contributed by atoms with Crippen LogP contribution < -0.4 is 0 Å². The minimum absolute atomic E-state index is 0.294. The lowest BCUT2D eigenvalue weighted by atomic mass is 10.1. The van der Waals surface area contributed by atoms with E-state index in [4.69, 9.17) is 5.21 Å². The lowest BCUT2D eigenvalue weighted by molar-refractivity contribution is 0.318. The number of benzene rings is 1. The lowest BCUT2D eigenvalue weighted by Crippen LogP contribution is -1.97. The first-order valence-corrected chi connectivity index (χ1v) is 3.81. The summed E-state index contributed by atoms with van der Waals surface area (Å²) in [6, 6.07) is 4.92. The van der Waals surface area contributed by atoms with E-state index in [2.05, 4.69) is 5.16 Å². The molecule has 0 fully saturated rings. The molecule has 0 atom stereocenters. The Morgan fingerprint density at radius 3 is 2.92 bits per heavy atom. The van der Waals surface area contributed by atoms with Crippen LogP contribution in [0.25, 0.3) is 0 Å². The molecular weight excluding hydrogens is 157 g/mol. The van der Waals surface area contributed by atoms with Gasteiger partial charge in [-0.1, -0.05) is 17.3 Å². The molecule has 62 valence electrons. The maximum atomic E-state index is 13.1. The van der Waals surface area contributed by atoms with E-state index in [1.165, 1.54) is 6.07 Å². The summed E-state index contributed by atoms with van der Waals surface area (Å²) in [5, 5.41) is 11.6. The lowest BCUT2D eigenvalue weighted by Gasteiger charge is -1.98. The fourth-order valence-electron chi connectivity index (χ4n) is 1.58. The Bertz CT molecular complexity index is 346. The van der Waals surface area contributed by atoms with E-state index in [1.807, 2.05) is 6.07 Å². The summed E-state index contributed by atoms with van der Waals surface area (Å²) in [5.41, 5.74) is 1.88. The average Bonchev–Trinajstić information content (AvgIpc) is 2.49. The van der Waals surface area contributed by atoms with Gasteiger partial charge in [0.2, 0.25) is 0 Å². The van der Waals surface area contributed by atoms with Gasteiger partial charge in [0.1, 0.15) is 5.82 Å². The number of hydrogen-bond acceptors (Lipinski definition) is 2. The van der Waals surface area contributed by atoms with Crippen molar-refractivity contribution in [3.05, 3.63) is 35.1 Å². The summed E-state index contributed by atoms with van der Waals surface area (Å²) >= 11 is 0. The van der Waals surface area contributed by atoms with Gasteiger partial charge in [0.15, 0.2) is 0 Å². The first-order valence-electron chi connectivity index (χ1n) is 3.81. The van der Waals surface area contributed by atoms with E-state index in [9.17, 15) is 4.39 Å². The van der Waals surface area contributed by atoms with Gasteiger partial charge in [-0.15, -0.1) is 0 Å². The van der Waals surface area contributed by atoms with Gasteiger partial charge in [0, 0.05) is 5.56 Å². The maximum absolute atomic E-state index is 13.1. The average molecular weight is 165 g/mol. The van der Waals surface area contributed by atoms with E-state index in [0.717, 1.165) is 12.0 Å². The summed E-state index contributed by atoms with van der Waals surface area (Å²) in [5.74, 6) is -0.294. The molecule has 12 heavy (non-hydrogen) atoms. The fraction of sp³-hybridized carbons (Fsp3) is 0.222. The standard InChI is InChI=1S/C9H8FNO/c10-7-3-1-2-6-4-5-8(11-12)9(6)7/h1-3,12H,4-5H2/b11-8+. The second-order valence-corrected chi connectivity index (χ2v) is 2.82. The summed E-state index contributed by atoms with van der Waals surface area (Å²) in [4.78, 5) is 0. The highest BCUT2D eigenvalue weighted by Gasteiger charge is 2.21. The predicted molar refractivity (Wildman–Crippen MR) is 43.0 cm³/mol. The molecule has 3 heteroatoms. The molecule has 0 saturated heterocycles. The molecule has 2 nitrogen and oxygen atoms in total. The molecule has 0 radical (unpaired) electrons. The number of fused-ring (bicyclic) bond motifs is 1. The molecule has 1 aliphatic carbocycles. The summed E-state index contributed by atoms with van der Waals surface area (Å²) in [6.07, 6.45) is 1.40. The topological polar surface area (TPSA) is 32.6 Å². The van der Waals surface area contributed by atoms with Crippen molar-refractivity contribution in [3.63, 3.8) is 0 Å². The van der Waals surface area contributed by atoms with Crippen LogP contribution in [0.3, 0.4) is 0 Å². The third-order valence-electron chi connectivity index (χ3n) is 2.14. The van der Waals surface area contributed by atoms with Crippen LogP contribution in [0.2, 0.25) is 0 Å². The van der Waals surface area contributed by atoms with E-state index in [-0.39, 0.29) is 5.82 Å². The Kier molecular flexibility index (Phi) is 1.57. The fourth-order valence-corrected chi connectivity index (χ4v) is 1.58. The quantitative estimate of drug-likeness (QED) is 0.462. The van der Waals surface area contributed by atoms with Gasteiger partial charge in [-0.05, 0) is 24.5 Å². The van der Waals surface area contributed by atoms with Crippen molar-refractivity contribution in [2.45, 2.75) is 12.8 Å². The van der Waals surface area contributed by atoms with Crippen molar-refractivity contribution in [3.8, 4) is 0 Å². The largest absolute Gasteiger partial charge is 0.411 e. The van der Waals surface area contributed by atoms with Crippen LogP contribution in [0.5, 0.6) is 0 Å². The Morgan fingerprint density at radius 2 is 2.17 bits per heavy atom. The normalized spacial score (nSPS) is 18.2. The highest BCUT2D eigenvalue weighted by atomic mass is 19.1. The third kappa shape index (κ3) is 0.897. The zero-order valence-corrected chi connectivity index (χ0v) is 6.42. The van der Waals surface area contributed by atoms with Crippen LogP contribution in [0.1, 0.15) is 17.5 Å². The molecule has 1 aromatic rings. The molecule has 0 saturated carbocycles. The monoisotopic (exact) mass is 165 g/mol. The molecule has 1 aliphatic rings. The van der Waals surface area contributed by atoms with Crippen LogP contribution in [-0.4, -0.2) is 10.9 Å². The van der Waals surface area contributed by atoms with Crippen LogP contribution in [0.4, 0.5) is 4.39 Å². The van der Waals surface area contributed by atoms with Crippen molar-refractivity contribution in [1.82, 2.24) is 0 Å². The van der Waals surface area contributed by atoms with Crippen molar-refractivity contribution in [2.75, 3.05) is 0 Å². The summed E-state index contributed by atoms with van der Waals surface area (Å²) in [7, 11) is 0. The van der Waals surface area contributed by atoms with E-state index >= 15 is 0 Å². The molecule has 0 unspecified atom stereocenters. The second kappa shape index (κ2) is 2.59. The van der Waals surface area contributed by atoms with Gasteiger partial charge in [0.25, 0.3) is 0 Å². The van der Waals surface area contributed by atoms with Gasteiger partial charge >= 0.3 is 0 Å². The number of hydrogen-bond donors (Lipinski definition) is 1. The Balaban J connectivity index is 2.63. The Hall–Kier alpha value is -1.38. The number of halogens is 1. The first kappa shape index (κ1) is 7.28. The Labute approximate surface area is 69.3 Å². The zero-order chi connectivity index (χ0) is 8.55. The van der Waals surface area contributed by atoms with Gasteiger partial charge in [0.05, 0.1) is 5.71 Å². The highest BCUT2D eigenvalue weighted by molar-refractivity contribution is 6.04. The first-order chi connectivity index (χ1) is 5.83. The van der Waals surface area contributed by atoms with Crippen LogP contribution in [-0.2, 0) is 6.42 Å². The van der Waals surface area contributed by atoms with E-state index < -0.39 is 0 Å². The number of nitrogens with zero attached hydrogens (tertiary/aromatic N) is 1. The number of oxime groups is 1. The van der Waals surface area contributed by atoms with E-state index in [0.29, 0.717) is 17.7 Å². The molecule has 2 rings (SSSR count). The molecule has 1 N–H and O–H groups in total. The number of rotatable bonds is 0. The maximum Gasteiger partial charge on any atom is 0.132 e. The number of aryl methyl sites for hydroxylation is 1. The van der Waals surface area contributed by atoms with Gasteiger partial charge < -0.3 is 5.21 Å². The predicted octanol–water partition coefficient (Wildman–Crippen LogP) is 1.95. The molecule has 0 aromatic heterocycles. The molecular formula is C9H8FNO. The molecule has 0 heterocycles. The zero-order valence-electron chi connectivity index (χ0n) is 6.42. The summed E-state index contributed by atoms with van der Waals surface area (Å²) < 4.78 is 13.1. The van der Waals surface area contributed by atoms with Gasteiger partial charge in [-0.25, -0.2) is 4.39 Å². The third-order valence-corrected chi connectivity index (χ3v) is 2.14. The van der Waals surface area contributed by atoms with Crippen molar-refractivity contribution < 1.29 is 9.60 Å². The summed E-state index contributed by atoms with van der Waals surface area (Å²) in [6.45, 7) is 0. The molecule has 0 amide bonds. The minimum Gasteiger partial charge on any atom is -0.411 e. The van der Waals surface area contributed by atoms with Crippen LogP contribution in [0.15, 0.2) is 23.4 Å². The SMILES string of the molecule is O/N=C1\CCc2cccc(F)c21. The van der Waals surface area contributed by atoms with Crippen molar-refractivity contribution in [1.29, 1.82) is 0 Å². The second-order valence-electron chi connectivity index (χ2n) is 2.82. The van der Waals surface area contributed by atoms with E-state index in [1.54, 1.807) is 6.07 Å². The van der Waals surface area contributed by atoms with Crippen LogP contribution in [0, 0.1) is 5.82 Å². The Morgan fingerprint density at radius 1 is 1.33 bits per heavy atom. The van der Waals surface area contributed by atoms with Crippen molar-refractivity contribution in [2.24, 2.45) is 5.16 Å². The molecule has 0 spiro atoms. The smallest absolute Gasteiger partial charge is 0.132 e. The molecule has 1 aromatic carbocycles. The van der Waals surface area contributed by atoms with Gasteiger partial charge in [-0.3, -0.25) is 0 Å².